The number of hydrogen-bond acceptors (Lipinski definition) is 4. The monoisotopic (exact) mass is 355 g/mol. The molecule has 2 N–H and O–H groups in total. The van der Waals surface area contributed by atoms with E-state index in [-0.39, 0.29) is 11.8 Å². The molecule has 2 amide bonds. The standard InChI is InChI=1S/C20H25N3O3/c1-21-19(24)16-8-6-7-15(13-16)14-22-20(25)17-9-4-5-10-18(17)26-12-11-23(2)3/h4-10,13H,11-12,14H2,1-3H3,(H,21,24)(H,22,25). The van der Waals surface area contributed by atoms with Crippen molar-refractivity contribution in [2.75, 3.05) is 34.3 Å². The Hall–Kier alpha value is -2.86. The summed E-state index contributed by atoms with van der Waals surface area (Å²) in [5, 5.41) is 5.47. The molecule has 0 aliphatic rings. The van der Waals surface area contributed by atoms with Crippen molar-refractivity contribution in [1.29, 1.82) is 0 Å². The van der Waals surface area contributed by atoms with E-state index < -0.39 is 0 Å². The zero-order chi connectivity index (χ0) is 18.9. The maximum atomic E-state index is 12.5. The summed E-state index contributed by atoms with van der Waals surface area (Å²) in [5.41, 5.74) is 1.91. The van der Waals surface area contributed by atoms with Crippen molar-refractivity contribution in [3.8, 4) is 5.75 Å². The van der Waals surface area contributed by atoms with Crippen LogP contribution in [0.5, 0.6) is 5.75 Å². The number of para-hydroxylation sites is 1. The number of nitrogens with zero attached hydrogens (tertiary/aromatic N) is 1. The number of benzene rings is 2. The third-order valence-corrected chi connectivity index (χ3v) is 3.80. The highest BCUT2D eigenvalue weighted by Gasteiger charge is 2.12. The summed E-state index contributed by atoms with van der Waals surface area (Å²) < 4.78 is 5.73. The first-order chi connectivity index (χ1) is 12.5. The predicted molar refractivity (Wildman–Crippen MR) is 101 cm³/mol. The second kappa shape index (κ2) is 9.58. The fraction of sp³-hybridized carbons (Fsp3) is 0.300. The van der Waals surface area contributed by atoms with Crippen molar-refractivity contribution in [2.45, 2.75) is 6.54 Å². The number of amides is 2. The SMILES string of the molecule is CNC(=O)c1cccc(CNC(=O)c2ccccc2OCCN(C)C)c1. The lowest BCUT2D eigenvalue weighted by Gasteiger charge is -2.14. The van der Waals surface area contributed by atoms with Crippen LogP contribution in [0.2, 0.25) is 0 Å². The van der Waals surface area contributed by atoms with Gasteiger partial charge in [0, 0.05) is 25.7 Å². The second-order valence-electron chi connectivity index (χ2n) is 6.11. The largest absolute Gasteiger partial charge is 0.491 e. The molecule has 6 nitrogen and oxygen atoms in total. The van der Waals surface area contributed by atoms with Gasteiger partial charge in [-0.3, -0.25) is 9.59 Å². The van der Waals surface area contributed by atoms with Gasteiger partial charge in [0.15, 0.2) is 0 Å². The quantitative estimate of drug-likeness (QED) is 0.759. The van der Waals surface area contributed by atoms with Crippen LogP contribution in [0.25, 0.3) is 0 Å². The van der Waals surface area contributed by atoms with Crippen LogP contribution in [-0.2, 0) is 6.54 Å². The van der Waals surface area contributed by atoms with Gasteiger partial charge < -0.3 is 20.3 Å². The van der Waals surface area contributed by atoms with Crippen LogP contribution in [0.4, 0.5) is 0 Å². The summed E-state index contributed by atoms with van der Waals surface area (Å²) in [7, 11) is 5.52. The summed E-state index contributed by atoms with van der Waals surface area (Å²) in [6.45, 7) is 1.60. The van der Waals surface area contributed by atoms with Gasteiger partial charge >= 0.3 is 0 Å². The minimum atomic E-state index is -0.212. The maximum Gasteiger partial charge on any atom is 0.255 e. The number of hydrogen-bond donors (Lipinski definition) is 2. The van der Waals surface area contributed by atoms with Crippen molar-refractivity contribution in [3.05, 3.63) is 65.2 Å². The third-order valence-electron chi connectivity index (χ3n) is 3.80. The van der Waals surface area contributed by atoms with Gasteiger partial charge in [0.25, 0.3) is 11.8 Å². The van der Waals surface area contributed by atoms with E-state index in [1.54, 1.807) is 43.4 Å². The molecule has 0 unspecified atom stereocenters. The smallest absolute Gasteiger partial charge is 0.255 e. The molecule has 0 saturated carbocycles. The Bertz CT molecular complexity index is 759. The molecule has 0 radical (unpaired) electrons. The highest BCUT2D eigenvalue weighted by molar-refractivity contribution is 5.97. The normalized spacial score (nSPS) is 10.5. The third kappa shape index (κ3) is 5.60. The van der Waals surface area contributed by atoms with Gasteiger partial charge in [0.05, 0.1) is 5.56 Å². The van der Waals surface area contributed by atoms with Crippen LogP contribution in [0.1, 0.15) is 26.3 Å². The fourth-order valence-electron chi connectivity index (χ4n) is 2.36. The Morgan fingerprint density at radius 2 is 1.81 bits per heavy atom. The first-order valence-corrected chi connectivity index (χ1v) is 8.47. The molecule has 0 heterocycles. The average Bonchev–Trinajstić information content (AvgIpc) is 2.65. The topological polar surface area (TPSA) is 70.7 Å². The number of nitrogens with one attached hydrogen (secondary N) is 2. The maximum absolute atomic E-state index is 12.5. The van der Waals surface area contributed by atoms with Crippen LogP contribution >= 0.6 is 0 Å². The molecule has 0 aliphatic heterocycles. The molecule has 138 valence electrons. The van der Waals surface area contributed by atoms with Gasteiger partial charge in [0.1, 0.15) is 12.4 Å². The lowest BCUT2D eigenvalue weighted by atomic mass is 10.1. The molecular weight excluding hydrogens is 330 g/mol. The first kappa shape index (κ1) is 19.5. The van der Waals surface area contributed by atoms with Crippen molar-refractivity contribution < 1.29 is 14.3 Å². The Morgan fingerprint density at radius 3 is 2.54 bits per heavy atom. The van der Waals surface area contributed by atoms with Gasteiger partial charge in [-0.25, -0.2) is 0 Å². The molecule has 0 bridgehead atoms. The lowest BCUT2D eigenvalue weighted by molar-refractivity contribution is 0.0944. The molecule has 0 aromatic heterocycles. The van der Waals surface area contributed by atoms with E-state index in [2.05, 4.69) is 10.6 Å². The minimum absolute atomic E-state index is 0.155. The summed E-state index contributed by atoms with van der Waals surface area (Å²) in [4.78, 5) is 26.2. The summed E-state index contributed by atoms with van der Waals surface area (Å²) in [5.74, 6) is 0.194. The van der Waals surface area contributed by atoms with E-state index in [0.29, 0.717) is 30.0 Å². The molecule has 0 spiro atoms. The van der Waals surface area contributed by atoms with Crippen LogP contribution in [0, 0.1) is 0 Å². The summed E-state index contributed by atoms with van der Waals surface area (Å²) >= 11 is 0. The lowest BCUT2D eigenvalue weighted by Crippen LogP contribution is -2.25. The number of carbonyl (C=O) groups is 2. The Labute approximate surface area is 154 Å². The van der Waals surface area contributed by atoms with E-state index >= 15 is 0 Å². The minimum Gasteiger partial charge on any atom is -0.491 e. The van der Waals surface area contributed by atoms with Crippen LogP contribution in [-0.4, -0.2) is 51.0 Å². The van der Waals surface area contributed by atoms with Gasteiger partial charge in [-0.05, 0) is 43.9 Å². The molecule has 6 heteroatoms. The van der Waals surface area contributed by atoms with Gasteiger partial charge in [-0.1, -0.05) is 24.3 Å². The van der Waals surface area contributed by atoms with Crippen LogP contribution in [0.3, 0.4) is 0 Å². The molecule has 0 saturated heterocycles. The molecule has 2 aromatic rings. The summed E-state index contributed by atoms with van der Waals surface area (Å²) in [6.07, 6.45) is 0. The Kier molecular flexibility index (Phi) is 7.17. The predicted octanol–water partition coefficient (Wildman–Crippen LogP) is 1.92. The number of likely N-dealkylation sites (N-methyl/N-ethyl adjacent to an activating group) is 1. The molecule has 2 aromatic carbocycles. The number of ether oxygens (including phenoxy) is 1. The molecule has 26 heavy (non-hydrogen) atoms. The molecular formula is C20H25N3O3. The molecule has 0 fully saturated rings. The average molecular weight is 355 g/mol. The highest BCUT2D eigenvalue weighted by Crippen LogP contribution is 2.18. The Balaban J connectivity index is 2.01. The van der Waals surface area contributed by atoms with Crippen molar-refractivity contribution >= 4 is 11.8 Å². The van der Waals surface area contributed by atoms with Gasteiger partial charge in [-0.2, -0.15) is 0 Å². The molecule has 0 aliphatic carbocycles. The van der Waals surface area contributed by atoms with E-state index in [9.17, 15) is 9.59 Å². The van der Waals surface area contributed by atoms with Crippen molar-refractivity contribution in [3.63, 3.8) is 0 Å². The first-order valence-electron chi connectivity index (χ1n) is 8.47. The van der Waals surface area contributed by atoms with E-state index in [1.807, 2.05) is 31.1 Å². The Morgan fingerprint density at radius 1 is 1.04 bits per heavy atom. The summed E-state index contributed by atoms with van der Waals surface area (Å²) in [6, 6.07) is 14.3. The molecule has 0 atom stereocenters. The van der Waals surface area contributed by atoms with E-state index in [4.69, 9.17) is 4.74 Å². The fourth-order valence-corrected chi connectivity index (χ4v) is 2.36. The number of carbonyl (C=O) groups excluding carboxylic acids is 2. The van der Waals surface area contributed by atoms with E-state index in [0.717, 1.165) is 12.1 Å². The zero-order valence-corrected chi connectivity index (χ0v) is 15.4. The zero-order valence-electron chi connectivity index (χ0n) is 15.4. The van der Waals surface area contributed by atoms with Gasteiger partial charge in [-0.15, -0.1) is 0 Å². The second-order valence-corrected chi connectivity index (χ2v) is 6.11. The van der Waals surface area contributed by atoms with Crippen molar-refractivity contribution in [2.24, 2.45) is 0 Å². The van der Waals surface area contributed by atoms with Crippen molar-refractivity contribution in [1.82, 2.24) is 15.5 Å². The number of rotatable bonds is 8. The van der Waals surface area contributed by atoms with E-state index in [1.165, 1.54) is 0 Å². The molecule has 2 rings (SSSR count). The highest BCUT2D eigenvalue weighted by atomic mass is 16.5. The van der Waals surface area contributed by atoms with Gasteiger partial charge in [0.2, 0.25) is 0 Å². The van der Waals surface area contributed by atoms with Crippen LogP contribution < -0.4 is 15.4 Å². The van der Waals surface area contributed by atoms with Crippen LogP contribution in [0.15, 0.2) is 48.5 Å².